The molecule has 2 amide bonds. The lowest BCUT2D eigenvalue weighted by Crippen LogP contribution is -2.35. The summed E-state index contributed by atoms with van der Waals surface area (Å²) in [6.07, 6.45) is -4.65. The van der Waals surface area contributed by atoms with Gasteiger partial charge in [0.25, 0.3) is 0 Å². The molecule has 8 heteroatoms. The van der Waals surface area contributed by atoms with Crippen LogP contribution in [0.2, 0.25) is 0 Å². The fourth-order valence-electron chi connectivity index (χ4n) is 3.05. The molecule has 0 bridgehead atoms. The molecule has 0 unspecified atom stereocenters. The summed E-state index contributed by atoms with van der Waals surface area (Å²) in [5.74, 6) is -0.277. The molecule has 4 nitrogen and oxygen atoms in total. The lowest BCUT2D eigenvalue weighted by Gasteiger charge is -2.19. The van der Waals surface area contributed by atoms with Crippen LogP contribution in [0.25, 0.3) is 0 Å². The van der Waals surface area contributed by atoms with E-state index < -0.39 is 23.6 Å². The van der Waals surface area contributed by atoms with Crippen molar-refractivity contribution in [1.82, 2.24) is 10.2 Å². The fourth-order valence-corrected chi connectivity index (χ4v) is 3.05. The third-order valence-electron chi connectivity index (χ3n) is 4.15. The van der Waals surface area contributed by atoms with Gasteiger partial charge in [0.05, 0.1) is 5.56 Å². The van der Waals surface area contributed by atoms with Gasteiger partial charge in [0.15, 0.2) is 0 Å². The highest BCUT2D eigenvalue weighted by atomic mass is 19.4. The van der Waals surface area contributed by atoms with Gasteiger partial charge in [-0.2, -0.15) is 13.2 Å². The van der Waals surface area contributed by atoms with Crippen molar-refractivity contribution in [1.29, 1.82) is 0 Å². The first kappa shape index (κ1) is 15.1. The molecule has 3 rings (SSSR count). The zero-order valence-corrected chi connectivity index (χ0v) is 11.6. The summed E-state index contributed by atoms with van der Waals surface area (Å²) in [4.78, 5) is 13.7. The van der Waals surface area contributed by atoms with Gasteiger partial charge in [0.1, 0.15) is 5.82 Å². The Kier molecular flexibility index (Phi) is 3.72. The number of carbonyl (C=O) groups is 1. The number of benzene rings is 1. The van der Waals surface area contributed by atoms with Crippen molar-refractivity contribution in [2.45, 2.75) is 6.18 Å². The molecule has 0 saturated carbocycles. The third kappa shape index (κ3) is 3.01. The van der Waals surface area contributed by atoms with Gasteiger partial charge in [-0.1, -0.05) is 0 Å². The van der Waals surface area contributed by atoms with Gasteiger partial charge in [-0.15, -0.1) is 0 Å². The first-order valence-corrected chi connectivity index (χ1v) is 6.97. The average molecular weight is 317 g/mol. The van der Waals surface area contributed by atoms with E-state index in [1.165, 1.54) is 0 Å². The maximum atomic E-state index is 13.3. The molecule has 0 aromatic heterocycles. The zero-order valence-electron chi connectivity index (χ0n) is 11.6. The minimum atomic E-state index is -4.65. The van der Waals surface area contributed by atoms with Crippen molar-refractivity contribution in [2.24, 2.45) is 11.8 Å². The molecule has 2 N–H and O–H groups in total. The Morgan fingerprint density at radius 3 is 2.41 bits per heavy atom. The zero-order chi connectivity index (χ0) is 15.9. The molecule has 1 aromatic rings. The van der Waals surface area contributed by atoms with Crippen molar-refractivity contribution >= 4 is 11.7 Å². The number of alkyl halides is 3. The molecule has 22 heavy (non-hydrogen) atoms. The Balaban J connectivity index is 1.70. The molecule has 2 atom stereocenters. The van der Waals surface area contributed by atoms with Crippen LogP contribution in [0.1, 0.15) is 5.56 Å². The second kappa shape index (κ2) is 5.42. The molecule has 2 fully saturated rings. The van der Waals surface area contributed by atoms with Gasteiger partial charge in [0.2, 0.25) is 0 Å². The molecular formula is C14H15F4N3O. The van der Waals surface area contributed by atoms with E-state index in [9.17, 15) is 22.4 Å². The number of fused-ring (bicyclic) bond motifs is 1. The lowest BCUT2D eigenvalue weighted by molar-refractivity contribution is -0.137. The van der Waals surface area contributed by atoms with E-state index in [1.807, 2.05) is 0 Å². The predicted octanol–water partition coefficient (Wildman–Crippen LogP) is 2.53. The van der Waals surface area contributed by atoms with Crippen LogP contribution in [-0.4, -0.2) is 37.1 Å². The van der Waals surface area contributed by atoms with E-state index in [0.29, 0.717) is 31.0 Å². The Morgan fingerprint density at radius 1 is 1.18 bits per heavy atom. The number of likely N-dealkylation sites (tertiary alicyclic amines) is 1. The SMILES string of the molecule is O=C(Nc1cc(F)cc(C(F)(F)F)c1)N1C[C@H]2CNC[C@H]2C1. The van der Waals surface area contributed by atoms with Crippen LogP contribution < -0.4 is 10.6 Å². The Morgan fingerprint density at radius 2 is 1.82 bits per heavy atom. The number of nitrogens with zero attached hydrogens (tertiary/aromatic N) is 1. The van der Waals surface area contributed by atoms with Gasteiger partial charge in [-0.05, 0) is 30.0 Å². The smallest absolute Gasteiger partial charge is 0.324 e. The van der Waals surface area contributed by atoms with Crippen LogP contribution in [0.3, 0.4) is 0 Å². The number of halogens is 4. The number of hydrogen-bond donors (Lipinski definition) is 2. The molecule has 2 heterocycles. The van der Waals surface area contributed by atoms with Crippen LogP contribution in [0.15, 0.2) is 18.2 Å². The summed E-state index contributed by atoms with van der Waals surface area (Å²) in [6, 6.07) is 1.53. The highest BCUT2D eigenvalue weighted by Gasteiger charge is 2.38. The standard InChI is InChI=1S/C14H15F4N3O/c15-11-1-10(14(16,17)18)2-12(3-11)20-13(22)21-6-8-4-19-5-9(8)7-21/h1-3,8-9,19H,4-7H2,(H,20,22)/t8-,9+. The lowest BCUT2D eigenvalue weighted by atomic mass is 10.0. The summed E-state index contributed by atoms with van der Waals surface area (Å²) >= 11 is 0. The fraction of sp³-hybridized carbons (Fsp3) is 0.500. The highest BCUT2D eigenvalue weighted by molar-refractivity contribution is 5.89. The molecule has 1 aromatic carbocycles. The van der Waals surface area contributed by atoms with E-state index in [4.69, 9.17) is 0 Å². The number of carbonyl (C=O) groups excluding carboxylic acids is 1. The molecule has 2 aliphatic heterocycles. The van der Waals surface area contributed by atoms with Crippen LogP contribution in [0.5, 0.6) is 0 Å². The monoisotopic (exact) mass is 317 g/mol. The third-order valence-corrected chi connectivity index (χ3v) is 4.15. The summed E-state index contributed by atoms with van der Waals surface area (Å²) in [6.45, 7) is 2.80. The Bertz CT molecular complexity index is 578. The molecular weight excluding hydrogens is 302 g/mol. The normalized spacial score (nSPS) is 24.5. The van der Waals surface area contributed by atoms with Crippen LogP contribution in [-0.2, 0) is 6.18 Å². The maximum absolute atomic E-state index is 13.3. The van der Waals surface area contributed by atoms with Crippen molar-refractivity contribution in [3.63, 3.8) is 0 Å². The van der Waals surface area contributed by atoms with E-state index in [-0.39, 0.29) is 5.69 Å². The van der Waals surface area contributed by atoms with Crippen molar-refractivity contribution in [3.8, 4) is 0 Å². The topological polar surface area (TPSA) is 44.4 Å². The van der Waals surface area contributed by atoms with Crippen LogP contribution >= 0.6 is 0 Å². The summed E-state index contributed by atoms with van der Waals surface area (Å²) < 4.78 is 51.2. The first-order chi connectivity index (χ1) is 10.3. The van der Waals surface area contributed by atoms with Crippen molar-refractivity contribution in [2.75, 3.05) is 31.5 Å². The second-order valence-electron chi connectivity index (χ2n) is 5.74. The van der Waals surface area contributed by atoms with E-state index in [0.717, 1.165) is 25.2 Å². The van der Waals surface area contributed by atoms with Gasteiger partial charge < -0.3 is 15.5 Å². The van der Waals surface area contributed by atoms with Gasteiger partial charge in [-0.3, -0.25) is 0 Å². The number of amides is 2. The van der Waals surface area contributed by atoms with Gasteiger partial charge >= 0.3 is 12.2 Å². The number of rotatable bonds is 1. The van der Waals surface area contributed by atoms with Gasteiger partial charge in [-0.25, -0.2) is 9.18 Å². The summed E-state index contributed by atoms with van der Waals surface area (Å²) in [5, 5.41) is 5.59. The molecule has 0 radical (unpaired) electrons. The van der Waals surface area contributed by atoms with Crippen LogP contribution in [0.4, 0.5) is 28.0 Å². The van der Waals surface area contributed by atoms with Crippen molar-refractivity contribution < 1.29 is 22.4 Å². The van der Waals surface area contributed by atoms with Crippen molar-refractivity contribution in [3.05, 3.63) is 29.6 Å². The maximum Gasteiger partial charge on any atom is 0.416 e. The molecule has 2 aliphatic rings. The first-order valence-electron chi connectivity index (χ1n) is 6.97. The van der Waals surface area contributed by atoms with Gasteiger partial charge in [0, 0.05) is 31.9 Å². The number of anilines is 1. The van der Waals surface area contributed by atoms with Crippen LogP contribution in [0, 0.1) is 17.7 Å². The Hall–Kier alpha value is -1.83. The minimum absolute atomic E-state index is 0.187. The van der Waals surface area contributed by atoms with E-state index >= 15 is 0 Å². The second-order valence-corrected chi connectivity index (χ2v) is 5.74. The van der Waals surface area contributed by atoms with E-state index in [2.05, 4.69) is 10.6 Å². The quantitative estimate of drug-likeness (QED) is 0.782. The van der Waals surface area contributed by atoms with E-state index in [1.54, 1.807) is 4.90 Å². The minimum Gasteiger partial charge on any atom is -0.324 e. The predicted molar refractivity (Wildman–Crippen MR) is 71.8 cm³/mol. The number of nitrogens with one attached hydrogen (secondary N) is 2. The number of urea groups is 1. The highest BCUT2D eigenvalue weighted by Crippen LogP contribution is 2.32. The molecule has 0 spiro atoms. The molecule has 0 aliphatic carbocycles. The summed E-state index contributed by atoms with van der Waals surface area (Å²) in [7, 11) is 0. The largest absolute Gasteiger partial charge is 0.416 e. The number of hydrogen-bond acceptors (Lipinski definition) is 2. The summed E-state index contributed by atoms with van der Waals surface area (Å²) in [5.41, 5.74) is -1.31. The molecule has 2 saturated heterocycles. The Labute approximate surface area is 124 Å². The average Bonchev–Trinajstić information content (AvgIpc) is 2.97. The molecule has 120 valence electrons.